The lowest BCUT2D eigenvalue weighted by atomic mass is 10.0. The summed E-state index contributed by atoms with van der Waals surface area (Å²) in [5, 5.41) is 0. The molecule has 0 bridgehead atoms. The molecule has 9 nitrogen and oxygen atoms in total. The van der Waals surface area contributed by atoms with Crippen molar-refractivity contribution in [1.29, 1.82) is 0 Å². The van der Waals surface area contributed by atoms with Crippen molar-refractivity contribution < 1.29 is 42.1 Å². The van der Waals surface area contributed by atoms with Gasteiger partial charge < -0.3 is 18.9 Å². The van der Waals surface area contributed by atoms with Gasteiger partial charge in [-0.05, 0) is 109 Å². The number of quaternary nitrogens is 1. The van der Waals surface area contributed by atoms with Gasteiger partial charge >= 0.3 is 19.8 Å². The summed E-state index contributed by atoms with van der Waals surface area (Å²) in [5.41, 5.74) is 0. The number of nitrogens with zero attached hydrogens (tertiary/aromatic N) is 1. The molecule has 10 heteroatoms. The molecule has 0 aromatic carbocycles. The van der Waals surface area contributed by atoms with Crippen LogP contribution in [0.4, 0.5) is 0 Å². The molecule has 1 N–H and O–H groups in total. The third kappa shape index (κ3) is 59.3. The summed E-state index contributed by atoms with van der Waals surface area (Å²) in [5.74, 6) is -0.824. The van der Waals surface area contributed by atoms with Crippen LogP contribution in [0.15, 0.2) is 134 Å². The average molecular weight is 1060 g/mol. The molecule has 0 amide bonds. The molecule has 2 atom stereocenters. The number of rotatable bonds is 52. The van der Waals surface area contributed by atoms with Crippen LogP contribution in [-0.2, 0) is 32.7 Å². The Balaban J connectivity index is 4.04. The molecule has 0 aromatic rings. The summed E-state index contributed by atoms with van der Waals surface area (Å²) in [4.78, 5) is 35.5. The van der Waals surface area contributed by atoms with Gasteiger partial charge in [0.15, 0.2) is 6.10 Å². The molecule has 2 unspecified atom stereocenters. The standard InChI is InChI=1S/C65H108NO8P/c1-6-8-10-12-14-16-18-19-20-21-22-23-24-25-26-27-28-29-30-31-32-33-34-35-36-37-38-39-40-41-42-43-44-45-46-47-48-50-52-54-56-58-65(68)74-63(62-73-75(69,70)72-60-59-66(3,4)5)61-71-64(67)57-55-53-51-49-17-15-13-11-9-7-2/h8,10-11,13-14,16,19-20,22-23,25-26,28-29,31-32,34-35,37-38,40-41,63H,6-7,9,12,15,17-18,21,24,27,30,33,36,39,42-62H2,1-5H3/p+1/b10-8-,13-11-,16-14-,20-19-,23-22-,26-25-,29-28-,32-31-,35-34-,38-37-,41-40-. The molecule has 0 heterocycles. The van der Waals surface area contributed by atoms with Gasteiger partial charge in [-0.25, -0.2) is 4.57 Å². The van der Waals surface area contributed by atoms with E-state index in [0.29, 0.717) is 17.4 Å². The number of unbranched alkanes of at least 4 members (excludes halogenated alkanes) is 16. The smallest absolute Gasteiger partial charge is 0.462 e. The summed E-state index contributed by atoms with van der Waals surface area (Å²) < 4.78 is 34.4. The van der Waals surface area contributed by atoms with Crippen LogP contribution in [0.3, 0.4) is 0 Å². The Morgan fingerprint density at radius 1 is 0.427 bits per heavy atom. The van der Waals surface area contributed by atoms with E-state index < -0.39 is 26.5 Å². The summed E-state index contributed by atoms with van der Waals surface area (Å²) in [6.45, 7) is 4.21. The largest absolute Gasteiger partial charge is 0.472 e. The van der Waals surface area contributed by atoms with Gasteiger partial charge in [-0.15, -0.1) is 0 Å². The van der Waals surface area contributed by atoms with Gasteiger partial charge in [-0.3, -0.25) is 18.6 Å². The topological polar surface area (TPSA) is 108 Å². The number of hydrogen-bond acceptors (Lipinski definition) is 7. The zero-order valence-corrected chi connectivity index (χ0v) is 49.1. The second-order valence-electron chi connectivity index (χ2n) is 20.3. The first kappa shape index (κ1) is 71.2. The Bertz CT molecular complexity index is 1730. The lowest BCUT2D eigenvalue weighted by molar-refractivity contribution is -0.870. The first-order valence-electron chi connectivity index (χ1n) is 29.4. The zero-order chi connectivity index (χ0) is 54.9. The fourth-order valence-corrected chi connectivity index (χ4v) is 8.14. The molecule has 0 fully saturated rings. The van der Waals surface area contributed by atoms with E-state index >= 15 is 0 Å². The zero-order valence-electron chi connectivity index (χ0n) is 48.2. The molecule has 0 spiro atoms. The van der Waals surface area contributed by atoms with Gasteiger partial charge in [-0.2, -0.15) is 0 Å². The van der Waals surface area contributed by atoms with Crippen molar-refractivity contribution in [2.45, 2.75) is 219 Å². The van der Waals surface area contributed by atoms with Crippen LogP contribution in [0.25, 0.3) is 0 Å². The number of phosphoric ester groups is 1. The highest BCUT2D eigenvalue weighted by molar-refractivity contribution is 7.47. The maximum Gasteiger partial charge on any atom is 0.472 e. The average Bonchev–Trinajstić information content (AvgIpc) is 3.37. The van der Waals surface area contributed by atoms with Crippen molar-refractivity contribution in [3.8, 4) is 0 Å². The number of hydrogen-bond donors (Lipinski definition) is 1. The fraction of sp³-hybridized carbons (Fsp3) is 0.631. The number of carbonyl (C=O) groups excluding carboxylic acids is 2. The van der Waals surface area contributed by atoms with E-state index in [1.165, 1.54) is 44.9 Å². The normalized spacial score (nSPS) is 14.3. The lowest BCUT2D eigenvalue weighted by Crippen LogP contribution is -2.37. The van der Waals surface area contributed by atoms with Crippen molar-refractivity contribution in [3.63, 3.8) is 0 Å². The molecule has 75 heavy (non-hydrogen) atoms. The number of esters is 2. The van der Waals surface area contributed by atoms with Gasteiger partial charge in [0, 0.05) is 12.8 Å². The van der Waals surface area contributed by atoms with Gasteiger partial charge in [-0.1, -0.05) is 225 Å². The van der Waals surface area contributed by atoms with Gasteiger partial charge in [0.1, 0.15) is 19.8 Å². The molecule has 0 rings (SSSR count). The van der Waals surface area contributed by atoms with E-state index in [2.05, 4.69) is 148 Å². The Morgan fingerprint density at radius 2 is 0.760 bits per heavy atom. The van der Waals surface area contributed by atoms with E-state index in [1.54, 1.807) is 0 Å². The second-order valence-corrected chi connectivity index (χ2v) is 21.7. The highest BCUT2D eigenvalue weighted by Gasteiger charge is 2.27. The van der Waals surface area contributed by atoms with E-state index in [-0.39, 0.29) is 32.0 Å². The highest BCUT2D eigenvalue weighted by atomic mass is 31.2. The fourth-order valence-electron chi connectivity index (χ4n) is 7.40. The van der Waals surface area contributed by atoms with E-state index in [4.69, 9.17) is 18.5 Å². The molecule has 426 valence electrons. The third-order valence-electron chi connectivity index (χ3n) is 11.9. The molecule has 0 aliphatic heterocycles. The Hall–Kier alpha value is -3.85. The van der Waals surface area contributed by atoms with Crippen molar-refractivity contribution in [2.75, 3.05) is 47.5 Å². The molecule has 0 aromatic heterocycles. The number of carbonyl (C=O) groups is 2. The summed E-state index contributed by atoms with van der Waals surface area (Å²) in [6.07, 6.45) is 79.8. The van der Waals surface area contributed by atoms with Crippen LogP contribution < -0.4 is 0 Å². The Kier molecular flexibility index (Phi) is 52.1. The lowest BCUT2D eigenvalue weighted by Gasteiger charge is -2.24. The van der Waals surface area contributed by atoms with E-state index in [9.17, 15) is 19.0 Å². The Morgan fingerprint density at radius 3 is 1.15 bits per heavy atom. The van der Waals surface area contributed by atoms with Gasteiger partial charge in [0.2, 0.25) is 0 Å². The van der Waals surface area contributed by atoms with Crippen molar-refractivity contribution in [3.05, 3.63) is 134 Å². The minimum absolute atomic E-state index is 0.0238. The highest BCUT2D eigenvalue weighted by Crippen LogP contribution is 2.43. The predicted molar refractivity (Wildman–Crippen MR) is 320 cm³/mol. The third-order valence-corrected chi connectivity index (χ3v) is 12.9. The van der Waals surface area contributed by atoms with Gasteiger partial charge in [0.25, 0.3) is 0 Å². The molecule has 0 aliphatic carbocycles. The Labute approximate surface area is 460 Å². The predicted octanol–water partition coefficient (Wildman–Crippen LogP) is 18.5. The maximum atomic E-state index is 12.8. The molecular formula is C65H109NO8P+. The van der Waals surface area contributed by atoms with Crippen molar-refractivity contribution in [2.24, 2.45) is 0 Å². The molecule has 0 aliphatic rings. The van der Waals surface area contributed by atoms with Crippen LogP contribution in [-0.4, -0.2) is 74.9 Å². The first-order chi connectivity index (χ1) is 36.5. The monoisotopic (exact) mass is 1060 g/mol. The molecular weight excluding hydrogens is 954 g/mol. The van der Waals surface area contributed by atoms with Crippen LogP contribution in [0, 0.1) is 0 Å². The van der Waals surface area contributed by atoms with Crippen molar-refractivity contribution in [1.82, 2.24) is 0 Å². The maximum absolute atomic E-state index is 12.8. The number of phosphoric acid groups is 1. The SMILES string of the molecule is CC/C=C\C/C=C\C/C=C\C/C=C\C/C=C\C/C=C\C/C=C\C/C=C\C/C=C\C/C=C\CCCCCCCCCCCCC(=O)OC(COC(=O)CCCCCCC/C=C\CCC)COP(=O)(O)OCC[N+](C)(C)C. The van der Waals surface area contributed by atoms with Gasteiger partial charge in [0.05, 0.1) is 27.7 Å². The number of likely N-dealkylation sites (N-methyl/N-ethyl adjacent to an activating group) is 1. The van der Waals surface area contributed by atoms with Crippen LogP contribution in [0.2, 0.25) is 0 Å². The minimum atomic E-state index is -4.39. The summed E-state index contributed by atoms with van der Waals surface area (Å²) in [6, 6.07) is 0. The number of allylic oxidation sites excluding steroid dienone is 22. The summed E-state index contributed by atoms with van der Waals surface area (Å²) in [7, 11) is 1.45. The summed E-state index contributed by atoms with van der Waals surface area (Å²) >= 11 is 0. The molecule has 0 radical (unpaired) electrons. The van der Waals surface area contributed by atoms with E-state index in [0.717, 1.165) is 135 Å². The first-order valence-corrected chi connectivity index (χ1v) is 30.9. The second kappa shape index (κ2) is 54.9. The quantitative estimate of drug-likeness (QED) is 0.0211. The van der Waals surface area contributed by atoms with Crippen molar-refractivity contribution >= 4 is 19.8 Å². The minimum Gasteiger partial charge on any atom is -0.462 e. The van der Waals surface area contributed by atoms with Crippen LogP contribution in [0.5, 0.6) is 0 Å². The van der Waals surface area contributed by atoms with Crippen LogP contribution in [0.1, 0.15) is 213 Å². The molecule has 0 saturated heterocycles. The van der Waals surface area contributed by atoms with Crippen LogP contribution >= 0.6 is 7.82 Å². The van der Waals surface area contributed by atoms with E-state index in [1.807, 2.05) is 21.1 Å². The molecule has 0 saturated carbocycles. The number of ether oxygens (including phenoxy) is 2.